The Bertz CT molecular complexity index is 332. The van der Waals surface area contributed by atoms with Crippen LogP contribution in [0.25, 0.3) is 0 Å². The molecular weight excluding hydrogens is 216 g/mol. The fraction of sp³-hybridized carbons (Fsp3) is 0.857. The predicted molar refractivity (Wildman–Crippen MR) is 64.4 cm³/mol. The van der Waals surface area contributed by atoms with Crippen molar-refractivity contribution in [1.82, 2.24) is 0 Å². The first kappa shape index (κ1) is 12.6. The highest BCUT2D eigenvalue weighted by Gasteiger charge is 2.49. The predicted octanol–water partition coefficient (Wildman–Crippen LogP) is 2.58. The highest BCUT2D eigenvalue weighted by atomic mass is 16.5. The number of fused-ring (bicyclic) bond motifs is 2. The summed E-state index contributed by atoms with van der Waals surface area (Å²) >= 11 is 0. The topological polar surface area (TPSA) is 43.4 Å². The Hall–Kier alpha value is -0.860. The summed E-state index contributed by atoms with van der Waals surface area (Å²) in [5.41, 5.74) is -0.967. The van der Waals surface area contributed by atoms with E-state index in [0.717, 1.165) is 12.3 Å². The summed E-state index contributed by atoms with van der Waals surface area (Å²) in [6, 6.07) is 0. The summed E-state index contributed by atoms with van der Waals surface area (Å²) in [6.07, 6.45) is 4.62. The third-order valence-corrected chi connectivity index (χ3v) is 4.48. The van der Waals surface area contributed by atoms with Gasteiger partial charge >= 0.3 is 5.97 Å². The minimum absolute atomic E-state index is 0.100. The normalized spacial score (nSPS) is 31.6. The van der Waals surface area contributed by atoms with Crippen LogP contribution in [-0.4, -0.2) is 18.4 Å². The molecule has 0 saturated heterocycles. The van der Waals surface area contributed by atoms with Crippen LogP contribution in [0.3, 0.4) is 0 Å². The number of hydrogen-bond acceptors (Lipinski definition) is 3. The molecule has 2 bridgehead atoms. The fourth-order valence-electron chi connectivity index (χ4n) is 3.44. The van der Waals surface area contributed by atoms with E-state index in [4.69, 9.17) is 4.74 Å². The summed E-state index contributed by atoms with van der Waals surface area (Å²) in [4.78, 5) is 24.3. The van der Waals surface area contributed by atoms with Crippen LogP contribution in [0.5, 0.6) is 0 Å². The Morgan fingerprint density at radius 3 is 2.41 bits per heavy atom. The number of Topliss-reactive ketones (excluding diaryl/α,β-unsaturated/α-hetero) is 1. The quantitative estimate of drug-likeness (QED) is 0.558. The van der Waals surface area contributed by atoms with Crippen LogP contribution in [0.15, 0.2) is 0 Å². The molecule has 2 aliphatic carbocycles. The minimum Gasteiger partial charge on any atom is -0.465 e. The molecule has 0 aromatic carbocycles. The summed E-state index contributed by atoms with van der Waals surface area (Å²) in [6.45, 7) is 5.53. The number of hydrogen-bond donors (Lipinski definition) is 0. The molecular formula is C14H22O3. The molecule has 0 radical (unpaired) electrons. The van der Waals surface area contributed by atoms with Crippen LogP contribution < -0.4 is 0 Å². The maximum absolute atomic E-state index is 12.5. The van der Waals surface area contributed by atoms with Crippen molar-refractivity contribution in [3.63, 3.8) is 0 Å². The molecule has 0 amide bonds. The summed E-state index contributed by atoms with van der Waals surface area (Å²) in [5.74, 6) is 1.09. The highest BCUT2D eigenvalue weighted by molar-refractivity contribution is 6.04. The second-order valence-corrected chi connectivity index (χ2v) is 5.99. The first-order valence-corrected chi connectivity index (χ1v) is 6.68. The van der Waals surface area contributed by atoms with Crippen LogP contribution in [0, 0.1) is 23.2 Å². The Balaban J connectivity index is 2.06. The third-order valence-electron chi connectivity index (χ3n) is 4.48. The number of ketones is 1. The van der Waals surface area contributed by atoms with Gasteiger partial charge in [-0.25, -0.2) is 0 Å². The molecule has 0 heterocycles. The average Bonchev–Trinajstić information content (AvgIpc) is 2.89. The second kappa shape index (κ2) is 4.43. The number of carbonyl (C=O) groups excluding carboxylic acids is 2. The number of esters is 1. The molecule has 0 spiro atoms. The van der Waals surface area contributed by atoms with Crippen molar-refractivity contribution >= 4 is 11.8 Å². The zero-order valence-electron chi connectivity index (χ0n) is 11.0. The van der Waals surface area contributed by atoms with E-state index in [-0.39, 0.29) is 17.7 Å². The molecule has 17 heavy (non-hydrogen) atoms. The van der Waals surface area contributed by atoms with Gasteiger partial charge in [-0.1, -0.05) is 6.42 Å². The van der Waals surface area contributed by atoms with E-state index < -0.39 is 5.41 Å². The van der Waals surface area contributed by atoms with E-state index >= 15 is 0 Å². The monoisotopic (exact) mass is 238 g/mol. The Labute approximate surface area is 103 Å². The van der Waals surface area contributed by atoms with Gasteiger partial charge in [-0.05, 0) is 51.9 Å². The molecule has 96 valence electrons. The number of ether oxygens (including phenoxy) is 1. The molecule has 3 atom stereocenters. The lowest BCUT2D eigenvalue weighted by Crippen LogP contribution is -2.40. The lowest BCUT2D eigenvalue weighted by atomic mass is 9.75. The molecule has 0 aromatic rings. The summed E-state index contributed by atoms with van der Waals surface area (Å²) < 4.78 is 5.01. The van der Waals surface area contributed by atoms with Crippen LogP contribution in [0.4, 0.5) is 0 Å². The van der Waals surface area contributed by atoms with Gasteiger partial charge in [0.1, 0.15) is 5.41 Å². The molecule has 0 aliphatic heterocycles. The standard InChI is InChI=1S/C14H22O3/c1-4-17-13(16)14(2,3)12(15)11-8-9-5-6-10(11)7-9/h9-11H,4-8H2,1-3H3. The second-order valence-electron chi connectivity index (χ2n) is 5.99. The van der Waals surface area contributed by atoms with Gasteiger partial charge in [-0.15, -0.1) is 0 Å². The molecule has 3 nitrogen and oxygen atoms in total. The van der Waals surface area contributed by atoms with Crippen molar-refractivity contribution in [3.8, 4) is 0 Å². The molecule has 0 N–H and O–H groups in total. The van der Waals surface area contributed by atoms with Crippen molar-refractivity contribution in [2.75, 3.05) is 6.61 Å². The van der Waals surface area contributed by atoms with Gasteiger partial charge in [0.05, 0.1) is 6.61 Å². The van der Waals surface area contributed by atoms with Crippen LogP contribution in [-0.2, 0) is 14.3 Å². The molecule has 0 aromatic heterocycles. The maximum atomic E-state index is 12.5. The Morgan fingerprint density at radius 1 is 1.24 bits per heavy atom. The zero-order chi connectivity index (χ0) is 12.6. The van der Waals surface area contributed by atoms with Gasteiger partial charge in [0.15, 0.2) is 5.78 Å². The fourth-order valence-corrected chi connectivity index (χ4v) is 3.44. The van der Waals surface area contributed by atoms with E-state index in [1.54, 1.807) is 20.8 Å². The SMILES string of the molecule is CCOC(=O)C(C)(C)C(=O)C1CC2CCC1C2. The van der Waals surface area contributed by atoms with Gasteiger partial charge < -0.3 is 4.74 Å². The van der Waals surface area contributed by atoms with E-state index in [1.165, 1.54) is 19.3 Å². The first-order chi connectivity index (χ1) is 7.96. The lowest BCUT2D eigenvalue weighted by molar-refractivity contribution is -0.159. The maximum Gasteiger partial charge on any atom is 0.319 e. The van der Waals surface area contributed by atoms with Crippen LogP contribution >= 0.6 is 0 Å². The molecule has 2 saturated carbocycles. The van der Waals surface area contributed by atoms with E-state index in [1.807, 2.05) is 0 Å². The van der Waals surface area contributed by atoms with Gasteiger partial charge in [0.25, 0.3) is 0 Å². The van der Waals surface area contributed by atoms with E-state index in [9.17, 15) is 9.59 Å². The highest BCUT2D eigenvalue weighted by Crippen LogP contribution is 2.50. The number of carbonyl (C=O) groups is 2. The van der Waals surface area contributed by atoms with Gasteiger partial charge in [-0.3, -0.25) is 9.59 Å². The van der Waals surface area contributed by atoms with Crippen LogP contribution in [0.2, 0.25) is 0 Å². The van der Waals surface area contributed by atoms with Gasteiger partial charge in [0.2, 0.25) is 0 Å². The van der Waals surface area contributed by atoms with E-state index in [0.29, 0.717) is 12.5 Å². The third kappa shape index (κ3) is 2.12. The number of rotatable bonds is 4. The van der Waals surface area contributed by atoms with Crippen molar-refractivity contribution in [3.05, 3.63) is 0 Å². The molecule has 2 rings (SSSR count). The van der Waals surface area contributed by atoms with Crippen molar-refractivity contribution in [1.29, 1.82) is 0 Å². The molecule has 2 fully saturated rings. The van der Waals surface area contributed by atoms with Gasteiger partial charge in [-0.2, -0.15) is 0 Å². The van der Waals surface area contributed by atoms with Crippen molar-refractivity contribution in [2.45, 2.75) is 46.5 Å². The molecule has 3 heteroatoms. The molecule has 3 unspecified atom stereocenters. The first-order valence-electron chi connectivity index (χ1n) is 6.68. The Kier molecular flexibility index (Phi) is 3.28. The smallest absolute Gasteiger partial charge is 0.319 e. The van der Waals surface area contributed by atoms with E-state index in [2.05, 4.69) is 0 Å². The summed E-state index contributed by atoms with van der Waals surface area (Å²) in [5, 5.41) is 0. The molecule has 2 aliphatic rings. The average molecular weight is 238 g/mol. The summed E-state index contributed by atoms with van der Waals surface area (Å²) in [7, 11) is 0. The van der Waals surface area contributed by atoms with Crippen LogP contribution in [0.1, 0.15) is 46.5 Å². The zero-order valence-corrected chi connectivity index (χ0v) is 11.0. The lowest BCUT2D eigenvalue weighted by Gasteiger charge is -2.28. The largest absolute Gasteiger partial charge is 0.465 e. The van der Waals surface area contributed by atoms with Crippen molar-refractivity contribution < 1.29 is 14.3 Å². The van der Waals surface area contributed by atoms with Gasteiger partial charge in [0, 0.05) is 5.92 Å². The Morgan fingerprint density at radius 2 is 1.94 bits per heavy atom. The van der Waals surface area contributed by atoms with Crippen molar-refractivity contribution in [2.24, 2.45) is 23.2 Å². The minimum atomic E-state index is -0.967.